The number of aliphatic hydroxyl groups is 1. The van der Waals surface area contributed by atoms with E-state index < -0.39 is 23.7 Å². The number of benzene rings is 2. The monoisotopic (exact) mass is 311 g/mol. The summed E-state index contributed by atoms with van der Waals surface area (Å²) in [6.07, 6.45) is 0.0628. The van der Waals surface area contributed by atoms with Crippen molar-refractivity contribution in [2.45, 2.75) is 11.8 Å². The van der Waals surface area contributed by atoms with E-state index in [4.69, 9.17) is 17.3 Å². The lowest BCUT2D eigenvalue weighted by atomic mass is 9.76. The maximum Gasteiger partial charge on any atom is 0.127 e. The first-order valence-electron chi connectivity index (χ1n) is 6.52. The minimum atomic E-state index is -1.09. The standard InChI is InChI=1S/C16H16ClF2NO/c17-12-5-6-14(18)11(7-12)8-16(9-20,10-21)13-3-1-2-4-15(13)19/h1-7,21H,8-10,20H2. The van der Waals surface area contributed by atoms with E-state index in [1.807, 2.05) is 0 Å². The summed E-state index contributed by atoms with van der Waals surface area (Å²) in [5.41, 5.74) is 5.26. The topological polar surface area (TPSA) is 46.2 Å². The Morgan fingerprint density at radius 3 is 2.43 bits per heavy atom. The number of hydrogen-bond donors (Lipinski definition) is 2. The first kappa shape index (κ1) is 15.9. The Hall–Kier alpha value is -1.49. The molecule has 2 rings (SSSR count). The summed E-state index contributed by atoms with van der Waals surface area (Å²) < 4.78 is 28.0. The van der Waals surface area contributed by atoms with Crippen LogP contribution in [0.3, 0.4) is 0 Å². The van der Waals surface area contributed by atoms with Crippen LogP contribution in [0.4, 0.5) is 8.78 Å². The van der Waals surface area contributed by atoms with Crippen molar-refractivity contribution >= 4 is 11.6 Å². The SMILES string of the molecule is NCC(CO)(Cc1cc(Cl)ccc1F)c1ccccc1F. The van der Waals surface area contributed by atoms with Gasteiger partial charge < -0.3 is 10.8 Å². The van der Waals surface area contributed by atoms with Gasteiger partial charge in [-0.3, -0.25) is 0 Å². The van der Waals surface area contributed by atoms with Crippen LogP contribution in [-0.4, -0.2) is 18.3 Å². The van der Waals surface area contributed by atoms with Gasteiger partial charge in [-0.2, -0.15) is 0 Å². The van der Waals surface area contributed by atoms with Gasteiger partial charge in [0.15, 0.2) is 0 Å². The van der Waals surface area contributed by atoms with E-state index in [9.17, 15) is 13.9 Å². The Morgan fingerprint density at radius 1 is 1.10 bits per heavy atom. The summed E-state index contributed by atoms with van der Waals surface area (Å²) in [6, 6.07) is 10.2. The Bertz CT molecular complexity index is 629. The molecule has 3 N–H and O–H groups in total. The van der Waals surface area contributed by atoms with Crippen LogP contribution in [-0.2, 0) is 11.8 Å². The molecule has 0 aliphatic heterocycles. The van der Waals surface area contributed by atoms with Crippen molar-refractivity contribution in [1.82, 2.24) is 0 Å². The highest BCUT2D eigenvalue weighted by Crippen LogP contribution is 2.31. The fraction of sp³-hybridized carbons (Fsp3) is 0.250. The lowest BCUT2D eigenvalue weighted by Crippen LogP contribution is -2.42. The Labute approximate surface area is 127 Å². The third-order valence-electron chi connectivity index (χ3n) is 3.68. The zero-order valence-electron chi connectivity index (χ0n) is 11.3. The molecular formula is C16H16ClF2NO. The van der Waals surface area contributed by atoms with E-state index in [0.29, 0.717) is 10.6 Å². The highest BCUT2D eigenvalue weighted by atomic mass is 35.5. The molecule has 5 heteroatoms. The van der Waals surface area contributed by atoms with Gasteiger partial charge in [0, 0.05) is 17.0 Å². The van der Waals surface area contributed by atoms with Gasteiger partial charge in [-0.05, 0) is 41.8 Å². The van der Waals surface area contributed by atoms with Crippen LogP contribution in [0.1, 0.15) is 11.1 Å². The van der Waals surface area contributed by atoms with Gasteiger partial charge in [-0.25, -0.2) is 8.78 Å². The molecule has 0 aliphatic rings. The Balaban J connectivity index is 2.48. The summed E-state index contributed by atoms with van der Waals surface area (Å²) in [4.78, 5) is 0. The third-order valence-corrected chi connectivity index (χ3v) is 3.91. The number of aliphatic hydroxyl groups excluding tert-OH is 1. The fourth-order valence-corrected chi connectivity index (χ4v) is 2.61. The second-order valence-corrected chi connectivity index (χ2v) is 5.47. The average Bonchev–Trinajstić information content (AvgIpc) is 2.49. The first-order valence-corrected chi connectivity index (χ1v) is 6.90. The molecule has 21 heavy (non-hydrogen) atoms. The first-order chi connectivity index (χ1) is 10.0. The zero-order chi connectivity index (χ0) is 15.5. The van der Waals surface area contributed by atoms with Crippen LogP contribution in [0.2, 0.25) is 5.02 Å². The molecule has 0 saturated carbocycles. The van der Waals surface area contributed by atoms with E-state index in [0.717, 1.165) is 0 Å². The maximum absolute atomic E-state index is 14.1. The quantitative estimate of drug-likeness (QED) is 0.891. The molecule has 0 aliphatic carbocycles. The second kappa shape index (κ2) is 6.52. The molecule has 2 aromatic rings. The second-order valence-electron chi connectivity index (χ2n) is 5.03. The fourth-order valence-electron chi connectivity index (χ4n) is 2.42. The predicted molar refractivity (Wildman–Crippen MR) is 79.3 cm³/mol. The van der Waals surface area contributed by atoms with Crippen LogP contribution in [0.25, 0.3) is 0 Å². The van der Waals surface area contributed by atoms with Crippen molar-refractivity contribution in [1.29, 1.82) is 0 Å². The van der Waals surface area contributed by atoms with Crippen molar-refractivity contribution in [2.24, 2.45) is 5.73 Å². The summed E-state index contributed by atoms with van der Waals surface area (Å²) in [5.74, 6) is -0.929. The third kappa shape index (κ3) is 3.23. The molecule has 112 valence electrons. The number of rotatable bonds is 5. The molecular weight excluding hydrogens is 296 g/mol. The van der Waals surface area contributed by atoms with Gasteiger partial charge in [0.1, 0.15) is 11.6 Å². The molecule has 0 amide bonds. The van der Waals surface area contributed by atoms with Crippen molar-refractivity contribution < 1.29 is 13.9 Å². The highest BCUT2D eigenvalue weighted by Gasteiger charge is 2.34. The molecule has 2 aromatic carbocycles. The molecule has 0 aromatic heterocycles. The van der Waals surface area contributed by atoms with Crippen molar-refractivity contribution in [3.63, 3.8) is 0 Å². The molecule has 2 nitrogen and oxygen atoms in total. The Morgan fingerprint density at radius 2 is 1.81 bits per heavy atom. The average molecular weight is 312 g/mol. The van der Waals surface area contributed by atoms with Crippen LogP contribution in [0, 0.1) is 11.6 Å². The van der Waals surface area contributed by atoms with E-state index in [1.165, 1.54) is 24.3 Å². The van der Waals surface area contributed by atoms with Gasteiger partial charge in [-0.15, -0.1) is 0 Å². The van der Waals surface area contributed by atoms with Crippen LogP contribution >= 0.6 is 11.6 Å². The van der Waals surface area contributed by atoms with Crippen LogP contribution in [0.5, 0.6) is 0 Å². The molecule has 0 radical (unpaired) electrons. The minimum Gasteiger partial charge on any atom is -0.395 e. The van der Waals surface area contributed by atoms with Gasteiger partial charge in [-0.1, -0.05) is 29.8 Å². The molecule has 1 atom stereocenters. The molecule has 0 saturated heterocycles. The summed E-state index contributed by atoms with van der Waals surface area (Å²) in [7, 11) is 0. The Kier molecular flexibility index (Phi) is 4.93. The summed E-state index contributed by atoms with van der Waals surface area (Å²) in [6.45, 7) is -0.410. The van der Waals surface area contributed by atoms with Crippen molar-refractivity contribution in [2.75, 3.05) is 13.2 Å². The van der Waals surface area contributed by atoms with Gasteiger partial charge in [0.05, 0.1) is 6.61 Å². The van der Waals surface area contributed by atoms with Crippen LogP contribution in [0.15, 0.2) is 42.5 Å². The highest BCUT2D eigenvalue weighted by molar-refractivity contribution is 6.30. The lowest BCUT2D eigenvalue weighted by molar-refractivity contribution is 0.191. The molecule has 0 heterocycles. The van der Waals surface area contributed by atoms with Gasteiger partial charge in [0.25, 0.3) is 0 Å². The summed E-state index contributed by atoms with van der Waals surface area (Å²) in [5, 5.41) is 10.2. The van der Waals surface area contributed by atoms with E-state index >= 15 is 0 Å². The number of halogens is 3. The van der Waals surface area contributed by atoms with E-state index in [1.54, 1.807) is 18.2 Å². The maximum atomic E-state index is 14.1. The minimum absolute atomic E-state index is 0.0175. The van der Waals surface area contributed by atoms with Crippen molar-refractivity contribution in [3.8, 4) is 0 Å². The van der Waals surface area contributed by atoms with Crippen molar-refractivity contribution in [3.05, 3.63) is 70.2 Å². The van der Waals surface area contributed by atoms with E-state index in [-0.39, 0.29) is 18.5 Å². The summed E-state index contributed by atoms with van der Waals surface area (Å²) >= 11 is 5.87. The molecule has 1 unspecified atom stereocenters. The van der Waals surface area contributed by atoms with Gasteiger partial charge in [0.2, 0.25) is 0 Å². The normalized spacial score (nSPS) is 14.0. The molecule has 0 bridgehead atoms. The number of hydrogen-bond acceptors (Lipinski definition) is 2. The smallest absolute Gasteiger partial charge is 0.127 e. The largest absolute Gasteiger partial charge is 0.395 e. The molecule has 0 spiro atoms. The molecule has 0 fully saturated rings. The van der Waals surface area contributed by atoms with Crippen LogP contribution < -0.4 is 5.73 Å². The lowest BCUT2D eigenvalue weighted by Gasteiger charge is -2.31. The zero-order valence-corrected chi connectivity index (χ0v) is 12.1. The number of nitrogens with two attached hydrogens (primary N) is 1. The van der Waals surface area contributed by atoms with Gasteiger partial charge >= 0.3 is 0 Å². The van der Waals surface area contributed by atoms with E-state index in [2.05, 4.69) is 0 Å². The predicted octanol–water partition coefficient (Wildman–Crippen LogP) is 3.05.